The fourth-order valence-corrected chi connectivity index (χ4v) is 5.70. The number of likely N-dealkylation sites (tertiary alicyclic amines) is 1. The molecule has 0 unspecified atom stereocenters. The number of alkyl carbamates (subject to hydrolysis) is 1. The summed E-state index contributed by atoms with van der Waals surface area (Å²) in [6.45, 7) is 4.28. The normalized spacial score (nSPS) is 19.4. The molecular weight excluding hydrogens is 580 g/mol. The third-order valence-corrected chi connectivity index (χ3v) is 7.74. The van der Waals surface area contributed by atoms with Gasteiger partial charge in [0.1, 0.15) is 24.1 Å². The molecule has 1 saturated heterocycles. The molecular formula is C32H32ClF2N3O5. The van der Waals surface area contributed by atoms with Crippen LogP contribution in [0.2, 0.25) is 5.02 Å². The van der Waals surface area contributed by atoms with Crippen molar-refractivity contribution in [2.45, 2.75) is 57.1 Å². The van der Waals surface area contributed by atoms with Gasteiger partial charge in [0.25, 0.3) is 0 Å². The molecule has 0 saturated carbocycles. The second kappa shape index (κ2) is 12.2. The average molecular weight is 612 g/mol. The van der Waals surface area contributed by atoms with Crippen molar-refractivity contribution >= 4 is 29.7 Å². The van der Waals surface area contributed by atoms with Crippen molar-refractivity contribution in [1.82, 2.24) is 15.5 Å². The van der Waals surface area contributed by atoms with Gasteiger partial charge in [-0.25, -0.2) is 18.4 Å². The van der Waals surface area contributed by atoms with E-state index in [1.807, 2.05) is 48.5 Å². The second-order valence-corrected chi connectivity index (χ2v) is 11.9. The van der Waals surface area contributed by atoms with E-state index in [0.717, 1.165) is 27.2 Å². The molecule has 2 aliphatic rings. The third kappa shape index (κ3) is 6.44. The lowest BCUT2D eigenvalue weighted by atomic mass is 9.98. The molecule has 0 bridgehead atoms. The van der Waals surface area contributed by atoms with Crippen molar-refractivity contribution in [2.24, 2.45) is 0 Å². The highest BCUT2D eigenvalue weighted by Gasteiger charge is 2.50. The Morgan fingerprint density at radius 3 is 2.23 bits per heavy atom. The maximum atomic E-state index is 15.8. The first-order valence-electron chi connectivity index (χ1n) is 13.9. The summed E-state index contributed by atoms with van der Waals surface area (Å²) in [5.41, 5.74) is 3.32. The van der Waals surface area contributed by atoms with E-state index in [1.165, 1.54) is 18.2 Å². The van der Waals surface area contributed by atoms with Crippen molar-refractivity contribution in [2.75, 3.05) is 13.2 Å². The first-order valence-corrected chi connectivity index (χ1v) is 14.3. The molecule has 8 nitrogen and oxygen atoms in total. The van der Waals surface area contributed by atoms with Crippen LogP contribution in [0.3, 0.4) is 0 Å². The first kappa shape index (κ1) is 30.3. The highest BCUT2D eigenvalue weighted by molar-refractivity contribution is 6.30. The number of halogens is 3. The topological polar surface area (TPSA) is 97.0 Å². The molecule has 43 heavy (non-hydrogen) atoms. The Morgan fingerprint density at radius 1 is 0.977 bits per heavy atom. The van der Waals surface area contributed by atoms with Gasteiger partial charge < -0.3 is 20.1 Å². The number of hydrogen-bond acceptors (Lipinski definition) is 5. The van der Waals surface area contributed by atoms with Crippen LogP contribution in [0.25, 0.3) is 11.1 Å². The molecule has 5 rings (SSSR count). The van der Waals surface area contributed by atoms with Crippen LogP contribution >= 0.6 is 11.6 Å². The molecule has 3 aromatic carbocycles. The molecule has 0 radical (unpaired) electrons. The second-order valence-electron chi connectivity index (χ2n) is 11.5. The number of carbonyl (C=O) groups excluding carboxylic acids is 3. The molecule has 1 aliphatic heterocycles. The molecule has 226 valence electrons. The summed E-state index contributed by atoms with van der Waals surface area (Å²) in [6, 6.07) is 17.1. The van der Waals surface area contributed by atoms with Gasteiger partial charge in [-0.2, -0.15) is 0 Å². The summed E-state index contributed by atoms with van der Waals surface area (Å²) < 4.78 is 41.1. The largest absolute Gasteiger partial charge is 0.449 e. The summed E-state index contributed by atoms with van der Waals surface area (Å²) >= 11 is 5.82. The molecule has 0 aromatic heterocycles. The number of alkyl halides is 1. The Hall–Kier alpha value is -4.18. The van der Waals surface area contributed by atoms with Gasteiger partial charge in [0.15, 0.2) is 6.17 Å². The number of rotatable bonds is 6. The van der Waals surface area contributed by atoms with Crippen LogP contribution in [0.1, 0.15) is 43.4 Å². The Kier molecular flexibility index (Phi) is 8.59. The van der Waals surface area contributed by atoms with Gasteiger partial charge in [-0.3, -0.25) is 9.69 Å². The van der Waals surface area contributed by atoms with Crippen LogP contribution in [0.4, 0.5) is 18.4 Å². The molecule has 3 aromatic rings. The predicted molar refractivity (Wildman–Crippen MR) is 157 cm³/mol. The van der Waals surface area contributed by atoms with E-state index in [4.69, 9.17) is 21.1 Å². The molecule has 3 amide bonds. The molecule has 1 aliphatic carbocycles. The number of amides is 3. The van der Waals surface area contributed by atoms with Gasteiger partial charge in [0, 0.05) is 24.6 Å². The zero-order chi connectivity index (χ0) is 30.9. The number of carbonyl (C=O) groups is 3. The van der Waals surface area contributed by atoms with Crippen LogP contribution in [-0.4, -0.2) is 60.0 Å². The fraction of sp³-hybridized carbons (Fsp3) is 0.344. The summed E-state index contributed by atoms with van der Waals surface area (Å²) in [4.78, 5) is 40.0. The smallest absolute Gasteiger partial charge is 0.411 e. The Balaban J connectivity index is 1.27. The van der Waals surface area contributed by atoms with E-state index in [-0.39, 0.29) is 36.2 Å². The van der Waals surface area contributed by atoms with E-state index in [1.54, 1.807) is 20.8 Å². The molecule has 1 heterocycles. The van der Waals surface area contributed by atoms with E-state index < -0.39 is 47.8 Å². The third-order valence-electron chi connectivity index (χ3n) is 7.44. The fourth-order valence-electron chi connectivity index (χ4n) is 5.50. The molecule has 0 spiro atoms. The summed E-state index contributed by atoms with van der Waals surface area (Å²) in [7, 11) is 0. The van der Waals surface area contributed by atoms with E-state index >= 15 is 4.39 Å². The number of fused-ring (bicyclic) bond motifs is 3. The Morgan fingerprint density at radius 2 is 1.60 bits per heavy atom. The number of benzene rings is 3. The van der Waals surface area contributed by atoms with Crippen molar-refractivity contribution in [1.29, 1.82) is 0 Å². The maximum Gasteiger partial charge on any atom is 0.411 e. The zero-order valence-electron chi connectivity index (χ0n) is 23.9. The number of hydrogen-bond donors (Lipinski definition) is 2. The van der Waals surface area contributed by atoms with Crippen LogP contribution in [0, 0.1) is 5.82 Å². The molecule has 2 N–H and O–H groups in total. The first-order chi connectivity index (χ1) is 20.4. The van der Waals surface area contributed by atoms with Crippen molar-refractivity contribution in [3.8, 4) is 11.1 Å². The number of nitrogens with zero attached hydrogens (tertiary/aromatic N) is 1. The van der Waals surface area contributed by atoms with E-state index in [0.29, 0.717) is 0 Å². The monoisotopic (exact) mass is 611 g/mol. The highest BCUT2D eigenvalue weighted by Crippen LogP contribution is 2.44. The summed E-state index contributed by atoms with van der Waals surface area (Å²) in [5, 5.41) is 4.83. The van der Waals surface area contributed by atoms with Gasteiger partial charge in [-0.05, 0) is 49.1 Å². The minimum Gasteiger partial charge on any atom is -0.449 e. The summed E-state index contributed by atoms with van der Waals surface area (Å²) in [6.07, 6.45) is -3.82. The Labute approximate surface area is 253 Å². The molecule has 1 fully saturated rings. The molecule has 3 atom stereocenters. The van der Waals surface area contributed by atoms with E-state index in [2.05, 4.69) is 10.6 Å². The SMILES string of the molecule is CC(C)(C)OC(=O)N1C[C@H](NC(=O)OCC2c3ccccc3-c3ccccc32)[C@H](F)[C@@H]1C(=O)NCc1cccc(Cl)c1F. The minimum atomic E-state index is -2.00. The van der Waals surface area contributed by atoms with Crippen LogP contribution in [-0.2, 0) is 20.8 Å². The van der Waals surface area contributed by atoms with Gasteiger partial charge in [0.05, 0.1) is 11.1 Å². The lowest BCUT2D eigenvalue weighted by Crippen LogP contribution is -2.50. The average Bonchev–Trinajstić information content (AvgIpc) is 3.46. The lowest BCUT2D eigenvalue weighted by molar-refractivity contribution is -0.127. The molecule has 11 heteroatoms. The van der Waals surface area contributed by atoms with Gasteiger partial charge in [-0.15, -0.1) is 0 Å². The number of nitrogens with one attached hydrogen (secondary N) is 2. The summed E-state index contributed by atoms with van der Waals surface area (Å²) in [5.74, 6) is -1.80. The number of ether oxygens (including phenoxy) is 2. The van der Waals surface area contributed by atoms with Crippen molar-refractivity contribution < 1.29 is 32.6 Å². The van der Waals surface area contributed by atoms with Crippen molar-refractivity contribution in [3.05, 3.63) is 94.3 Å². The lowest BCUT2D eigenvalue weighted by Gasteiger charge is -2.28. The zero-order valence-corrected chi connectivity index (χ0v) is 24.7. The van der Waals surface area contributed by atoms with Crippen LogP contribution < -0.4 is 10.6 Å². The van der Waals surface area contributed by atoms with Gasteiger partial charge in [0.2, 0.25) is 5.91 Å². The van der Waals surface area contributed by atoms with E-state index in [9.17, 15) is 18.8 Å². The van der Waals surface area contributed by atoms with Gasteiger partial charge in [-0.1, -0.05) is 72.3 Å². The van der Waals surface area contributed by atoms with Crippen molar-refractivity contribution in [3.63, 3.8) is 0 Å². The van der Waals surface area contributed by atoms with Crippen LogP contribution in [0.5, 0.6) is 0 Å². The minimum absolute atomic E-state index is 0.00836. The highest BCUT2D eigenvalue weighted by atomic mass is 35.5. The maximum absolute atomic E-state index is 15.8. The van der Waals surface area contributed by atoms with Gasteiger partial charge >= 0.3 is 12.2 Å². The predicted octanol–water partition coefficient (Wildman–Crippen LogP) is 5.96. The Bertz CT molecular complexity index is 1500. The standard InChI is InChI=1S/C32H32ClF2N3O5/c1-32(2,3)43-31(41)38-16-25(27(35)28(38)29(39)36-15-18-9-8-14-24(33)26(18)34)37-30(40)42-17-23-21-12-6-4-10-19(21)20-11-5-7-13-22(20)23/h4-14,23,25,27-28H,15-17H2,1-3H3,(H,36,39)(H,37,40)/t25-,27-,28+/m0/s1. The quantitative estimate of drug-likeness (QED) is 0.359. The van der Waals surface area contributed by atoms with Crippen LogP contribution in [0.15, 0.2) is 66.7 Å².